The molecule has 0 aromatic heterocycles. The van der Waals surface area contributed by atoms with Crippen LogP contribution in [0.5, 0.6) is 0 Å². The van der Waals surface area contributed by atoms with Gasteiger partial charge >= 0.3 is 0 Å². The van der Waals surface area contributed by atoms with Crippen molar-refractivity contribution in [2.24, 2.45) is 0 Å². The first-order chi connectivity index (χ1) is 8.43. The molecule has 1 nitrogen and oxygen atoms in total. The number of likely N-dealkylation sites (N-methyl/N-ethyl adjacent to an activating group) is 1. The summed E-state index contributed by atoms with van der Waals surface area (Å²) >= 11 is 0. The molecule has 0 amide bonds. The molecule has 0 aliphatic carbocycles. The fourth-order valence-electron chi connectivity index (χ4n) is 1.50. The molecule has 0 bridgehead atoms. The van der Waals surface area contributed by atoms with Crippen LogP contribution in [-0.4, -0.2) is 7.05 Å². The third kappa shape index (κ3) is 5.53. The third-order valence-corrected chi connectivity index (χ3v) is 2.35. The zero-order valence-corrected chi connectivity index (χ0v) is 12.3. The quantitative estimate of drug-likeness (QED) is 0.598. The molecule has 1 heteroatoms. The average Bonchev–Trinajstić information content (AvgIpc) is 2.31. The van der Waals surface area contributed by atoms with Crippen molar-refractivity contribution in [1.29, 1.82) is 0 Å². The number of allylic oxidation sites excluding steroid dienone is 3. The third-order valence-electron chi connectivity index (χ3n) is 2.35. The second-order valence-corrected chi connectivity index (χ2v) is 4.45. The van der Waals surface area contributed by atoms with Crippen LogP contribution in [0.1, 0.15) is 31.9 Å². The van der Waals surface area contributed by atoms with Gasteiger partial charge in [0.1, 0.15) is 0 Å². The highest BCUT2D eigenvalue weighted by Crippen LogP contribution is 2.22. The molecule has 1 N–H and O–H groups in total. The Balaban J connectivity index is 0.000000631. The number of nitrogens with one attached hydrogen (secondary N) is 1. The van der Waals surface area contributed by atoms with Gasteiger partial charge in [0.05, 0.1) is 0 Å². The molecule has 0 aliphatic rings. The van der Waals surface area contributed by atoms with Gasteiger partial charge in [-0.1, -0.05) is 42.5 Å². The standard InChI is InChI=1S/C13H17N.C4H8/c1-5-12(11(3)14-4)13-9-7-6-8-10(13)2;1-4(2)3/h5-9,14H,3H2,1-2,4H3;1H2,2-3H3/b12-5-;. The van der Waals surface area contributed by atoms with Crippen LogP contribution in [0.25, 0.3) is 5.57 Å². The molecule has 0 radical (unpaired) electrons. The lowest BCUT2D eigenvalue weighted by Gasteiger charge is -2.12. The molecule has 98 valence electrons. The largest absolute Gasteiger partial charge is 0.388 e. The number of benzene rings is 1. The second kappa shape index (κ2) is 8.35. The van der Waals surface area contributed by atoms with Gasteiger partial charge in [-0.3, -0.25) is 0 Å². The van der Waals surface area contributed by atoms with Crippen LogP contribution in [0.15, 0.2) is 54.8 Å². The minimum atomic E-state index is 0.960. The first kappa shape index (κ1) is 16.2. The highest BCUT2D eigenvalue weighted by Gasteiger charge is 2.05. The highest BCUT2D eigenvalue weighted by molar-refractivity contribution is 5.79. The van der Waals surface area contributed by atoms with E-state index in [1.807, 2.05) is 33.9 Å². The van der Waals surface area contributed by atoms with Crippen LogP contribution >= 0.6 is 0 Å². The van der Waals surface area contributed by atoms with E-state index in [2.05, 4.69) is 49.7 Å². The number of hydrogen-bond donors (Lipinski definition) is 1. The highest BCUT2D eigenvalue weighted by atomic mass is 14.8. The van der Waals surface area contributed by atoms with Crippen molar-refractivity contribution >= 4 is 5.57 Å². The Hall–Kier alpha value is -1.76. The summed E-state index contributed by atoms with van der Waals surface area (Å²) in [5, 5.41) is 3.08. The van der Waals surface area contributed by atoms with E-state index in [-0.39, 0.29) is 0 Å². The predicted molar refractivity (Wildman–Crippen MR) is 83.5 cm³/mol. The molecular formula is C17H25N. The van der Waals surface area contributed by atoms with Crippen LogP contribution in [-0.2, 0) is 0 Å². The van der Waals surface area contributed by atoms with Crippen LogP contribution in [0.3, 0.4) is 0 Å². The average molecular weight is 243 g/mol. The van der Waals surface area contributed by atoms with Crippen molar-refractivity contribution in [3.8, 4) is 0 Å². The van der Waals surface area contributed by atoms with Crippen molar-refractivity contribution in [1.82, 2.24) is 5.32 Å². The monoisotopic (exact) mass is 243 g/mol. The fraction of sp³-hybridized carbons (Fsp3) is 0.294. The first-order valence-electron chi connectivity index (χ1n) is 6.15. The minimum absolute atomic E-state index is 0.960. The van der Waals surface area contributed by atoms with Gasteiger partial charge in [0.25, 0.3) is 0 Å². The number of aryl methyl sites for hydroxylation is 1. The fourth-order valence-corrected chi connectivity index (χ4v) is 1.50. The van der Waals surface area contributed by atoms with Crippen LogP contribution in [0.2, 0.25) is 0 Å². The zero-order chi connectivity index (χ0) is 14.1. The number of hydrogen-bond acceptors (Lipinski definition) is 1. The molecule has 18 heavy (non-hydrogen) atoms. The van der Waals surface area contributed by atoms with Gasteiger partial charge < -0.3 is 5.32 Å². The summed E-state index contributed by atoms with van der Waals surface area (Å²) in [5.74, 6) is 0. The van der Waals surface area contributed by atoms with Crippen molar-refractivity contribution in [3.63, 3.8) is 0 Å². The Morgan fingerprint density at radius 3 is 2.06 bits per heavy atom. The molecule has 0 spiro atoms. The molecule has 0 aliphatic heterocycles. The summed E-state index contributed by atoms with van der Waals surface area (Å²) in [6.45, 7) is 15.6. The van der Waals surface area contributed by atoms with Crippen LogP contribution in [0, 0.1) is 6.92 Å². The summed E-state index contributed by atoms with van der Waals surface area (Å²) in [5.41, 5.74) is 5.82. The van der Waals surface area contributed by atoms with Gasteiger partial charge in [-0.15, -0.1) is 6.58 Å². The van der Waals surface area contributed by atoms with Crippen LogP contribution in [0.4, 0.5) is 0 Å². The van der Waals surface area contributed by atoms with E-state index in [1.165, 1.54) is 22.3 Å². The molecule has 0 saturated heterocycles. The second-order valence-electron chi connectivity index (χ2n) is 4.45. The van der Waals surface area contributed by atoms with Crippen molar-refractivity contribution < 1.29 is 0 Å². The molecule has 0 heterocycles. The Labute approximate surface area is 112 Å². The van der Waals surface area contributed by atoms with E-state index in [4.69, 9.17) is 0 Å². The number of rotatable bonds is 3. The molecule has 0 saturated carbocycles. The normalized spacial score (nSPS) is 10.2. The summed E-state index contributed by atoms with van der Waals surface area (Å²) in [4.78, 5) is 0. The molecule has 0 unspecified atom stereocenters. The van der Waals surface area contributed by atoms with E-state index in [0.717, 1.165) is 5.70 Å². The lowest BCUT2D eigenvalue weighted by Crippen LogP contribution is -2.06. The summed E-state index contributed by atoms with van der Waals surface area (Å²) < 4.78 is 0. The van der Waals surface area contributed by atoms with Crippen LogP contribution < -0.4 is 5.32 Å². The van der Waals surface area contributed by atoms with E-state index < -0.39 is 0 Å². The molecule has 1 aromatic rings. The van der Waals surface area contributed by atoms with Gasteiger partial charge in [0.2, 0.25) is 0 Å². The van der Waals surface area contributed by atoms with E-state index >= 15 is 0 Å². The van der Waals surface area contributed by atoms with Crippen molar-refractivity contribution in [3.05, 3.63) is 65.9 Å². The first-order valence-corrected chi connectivity index (χ1v) is 6.15. The molecule has 0 atom stereocenters. The van der Waals surface area contributed by atoms with Gasteiger partial charge in [0, 0.05) is 18.3 Å². The van der Waals surface area contributed by atoms with Crippen molar-refractivity contribution in [2.45, 2.75) is 27.7 Å². The maximum atomic E-state index is 3.98. The maximum Gasteiger partial charge on any atom is 0.0340 e. The molecule has 1 rings (SSSR count). The molecule has 0 fully saturated rings. The Morgan fingerprint density at radius 1 is 1.17 bits per heavy atom. The summed E-state index contributed by atoms with van der Waals surface area (Å²) in [6, 6.07) is 8.33. The SMILES string of the molecule is C=C(C)C.C=C(NC)/C(=C/C)c1ccccc1C. The molecular weight excluding hydrogens is 218 g/mol. The smallest absolute Gasteiger partial charge is 0.0340 e. The van der Waals surface area contributed by atoms with Gasteiger partial charge in [-0.25, -0.2) is 0 Å². The summed E-state index contributed by atoms with van der Waals surface area (Å²) in [7, 11) is 1.89. The van der Waals surface area contributed by atoms with Gasteiger partial charge in [0.15, 0.2) is 0 Å². The lowest BCUT2D eigenvalue weighted by molar-refractivity contribution is 1.05. The predicted octanol–water partition coefficient (Wildman–Crippen LogP) is 4.71. The zero-order valence-electron chi connectivity index (χ0n) is 12.3. The van der Waals surface area contributed by atoms with E-state index in [9.17, 15) is 0 Å². The topological polar surface area (TPSA) is 12.0 Å². The Morgan fingerprint density at radius 2 is 1.67 bits per heavy atom. The molecule has 1 aromatic carbocycles. The van der Waals surface area contributed by atoms with Gasteiger partial charge in [-0.05, 0) is 38.8 Å². The minimum Gasteiger partial charge on any atom is -0.388 e. The Kier molecular flexibility index (Phi) is 7.53. The lowest BCUT2D eigenvalue weighted by atomic mass is 9.98. The van der Waals surface area contributed by atoms with E-state index in [0.29, 0.717) is 0 Å². The van der Waals surface area contributed by atoms with E-state index in [1.54, 1.807) is 0 Å². The maximum absolute atomic E-state index is 3.98. The Bertz CT molecular complexity index is 435. The van der Waals surface area contributed by atoms with Crippen molar-refractivity contribution in [2.75, 3.05) is 7.05 Å². The van der Waals surface area contributed by atoms with Gasteiger partial charge in [-0.2, -0.15) is 0 Å². The summed E-state index contributed by atoms with van der Waals surface area (Å²) in [6.07, 6.45) is 2.08.